The summed E-state index contributed by atoms with van der Waals surface area (Å²) in [7, 11) is 0. The van der Waals surface area contributed by atoms with E-state index in [4.69, 9.17) is 5.11 Å². The molecule has 0 radical (unpaired) electrons. The Morgan fingerprint density at radius 1 is 1.40 bits per heavy atom. The number of hydrogen-bond acceptors (Lipinski definition) is 4. The van der Waals surface area contributed by atoms with E-state index in [2.05, 4.69) is 5.32 Å². The van der Waals surface area contributed by atoms with Crippen LogP contribution in [0, 0.1) is 15.5 Å². The lowest BCUT2D eigenvalue weighted by Gasteiger charge is -2.31. The fourth-order valence-electron chi connectivity index (χ4n) is 1.91. The molecule has 0 aromatic heterocycles. The van der Waals surface area contributed by atoms with Crippen LogP contribution in [0.3, 0.4) is 0 Å². The van der Waals surface area contributed by atoms with Crippen molar-refractivity contribution in [3.05, 3.63) is 39.9 Å². The normalized spacial score (nSPS) is 12.8. The van der Waals surface area contributed by atoms with Gasteiger partial charge in [0, 0.05) is 18.7 Å². The summed E-state index contributed by atoms with van der Waals surface area (Å²) >= 11 is 0. The topological polar surface area (TPSA) is 92.5 Å². The van der Waals surface area contributed by atoms with Crippen LogP contribution in [0.1, 0.15) is 37.6 Å². The first-order valence-electron chi connectivity index (χ1n) is 6.42. The molecular formula is C14H20N2O4. The van der Waals surface area contributed by atoms with Crippen molar-refractivity contribution < 1.29 is 14.8 Å². The molecule has 0 bridgehead atoms. The van der Waals surface area contributed by atoms with Crippen molar-refractivity contribution in [1.29, 1.82) is 0 Å². The molecule has 6 nitrogen and oxygen atoms in total. The molecule has 0 saturated heterocycles. The van der Waals surface area contributed by atoms with Gasteiger partial charge in [0.1, 0.15) is 5.56 Å². The smallest absolute Gasteiger partial charge is 0.282 e. The number of carbonyl (C=O) groups excluding carboxylic acids is 1. The van der Waals surface area contributed by atoms with Gasteiger partial charge in [-0.3, -0.25) is 14.9 Å². The van der Waals surface area contributed by atoms with Crippen LogP contribution in [0.4, 0.5) is 5.69 Å². The van der Waals surface area contributed by atoms with E-state index in [9.17, 15) is 14.9 Å². The molecule has 20 heavy (non-hydrogen) atoms. The average Bonchev–Trinajstić information content (AvgIpc) is 2.37. The first kappa shape index (κ1) is 16.1. The molecule has 0 fully saturated rings. The van der Waals surface area contributed by atoms with E-state index in [-0.39, 0.29) is 29.3 Å². The molecule has 1 rings (SSSR count). The van der Waals surface area contributed by atoms with Gasteiger partial charge in [-0.1, -0.05) is 32.9 Å². The second-order valence-electron chi connectivity index (χ2n) is 5.68. The molecule has 2 N–H and O–H groups in total. The molecule has 0 heterocycles. The maximum absolute atomic E-state index is 12.2. The van der Waals surface area contributed by atoms with Gasteiger partial charge in [0.05, 0.1) is 4.92 Å². The standard InChI is InChI=1S/C14H20N2O4/c1-14(2,3)12(8-9-17)15-13(18)10-6-4-5-7-11(10)16(19)20/h4-7,12,17H,8-9H2,1-3H3,(H,15,18). The molecule has 0 saturated carbocycles. The number of para-hydroxylation sites is 1. The predicted molar refractivity (Wildman–Crippen MR) is 75.5 cm³/mol. The third-order valence-corrected chi connectivity index (χ3v) is 3.11. The zero-order chi connectivity index (χ0) is 15.3. The van der Waals surface area contributed by atoms with E-state index in [0.29, 0.717) is 6.42 Å². The number of aliphatic hydroxyl groups is 1. The van der Waals surface area contributed by atoms with E-state index >= 15 is 0 Å². The third-order valence-electron chi connectivity index (χ3n) is 3.11. The quantitative estimate of drug-likeness (QED) is 0.638. The molecule has 0 aliphatic rings. The monoisotopic (exact) mass is 280 g/mol. The lowest BCUT2D eigenvalue weighted by Crippen LogP contribution is -2.44. The number of nitrogens with one attached hydrogen (secondary N) is 1. The highest BCUT2D eigenvalue weighted by Crippen LogP contribution is 2.23. The average molecular weight is 280 g/mol. The van der Waals surface area contributed by atoms with Crippen LogP contribution in [0.2, 0.25) is 0 Å². The van der Waals surface area contributed by atoms with E-state index in [0.717, 1.165) is 0 Å². The Kier molecular flexibility index (Phi) is 5.21. The fourth-order valence-corrected chi connectivity index (χ4v) is 1.91. The maximum Gasteiger partial charge on any atom is 0.282 e. The molecule has 1 aromatic carbocycles. The zero-order valence-corrected chi connectivity index (χ0v) is 11.9. The Morgan fingerprint density at radius 3 is 2.50 bits per heavy atom. The SMILES string of the molecule is CC(C)(C)C(CCO)NC(=O)c1ccccc1[N+](=O)[O-]. The molecule has 1 atom stereocenters. The first-order valence-corrected chi connectivity index (χ1v) is 6.42. The zero-order valence-electron chi connectivity index (χ0n) is 11.9. The maximum atomic E-state index is 12.2. The minimum atomic E-state index is -0.576. The minimum Gasteiger partial charge on any atom is -0.396 e. The van der Waals surface area contributed by atoms with Crippen molar-refractivity contribution >= 4 is 11.6 Å². The van der Waals surface area contributed by atoms with Crippen molar-refractivity contribution in [3.8, 4) is 0 Å². The van der Waals surface area contributed by atoms with Crippen LogP contribution >= 0.6 is 0 Å². The van der Waals surface area contributed by atoms with Crippen molar-refractivity contribution in [1.82, 2.24) is 5.32 Å². The number of nitrogens with zero attached hydrogens (tertiary/aromatic N) is 1. The number of benzene rings is 1. The number of amides is 1. The number of rotatable bonds is 5. The summed E-state index contributed by atoms with van der Waals surface area (Å²) in [5, 5.41) is 22.8. The summed E-state index contributed by atoms with van der Waals surface area (Å²) in [5.41, 5.74) is -0.437. The van der Waals surface area contributed by atoms with Crippen molar-refractivity contribution in [2.24, 2.45) is 5.41 Å². The fraction of sp³-hybridized carbons (Fsp3) is 0.500. The molecule has 110 valence electrons. The van der Waals surface area contributed by atoms with Gasteiger partial charge in [0.15, 0.2) is 0 Å². The van der Waals surface area contributed by atoms with Gasteiger partial charge in [-0.05, 0) is 17.9 Å². The Bertz CT molecular complexity index is 494. The second-order valence-corrected chi connectivity index (χ2v) is 5.68. The summed E-state index contributed by atoms with van der Waals surface area (Å²) in [5.74, 6) is -0.495. The van der Waals surface area contributed by atoms with Crippen molar-refractivity contribution in [2.45, 2.75) is 33.2 Å². The molecule has 1 unspecified atom stereocenters. The van der Waals surface area contributed by atoms with Crippen molar-refractivity contribution in [3.63, 3.8) is 0 Å². The van der Waals surface area contributed by atoms with Gasteiger partial charge >= 0.3 is 0 Å². The van der Waals surface area contributed by atoms with E-state index in [1.807, 2.05) is 20.8 Å². The summed E-state index contributed by atoms with van der Waals surface area (Å²) < 4.78 is 0. The van der Waals surface area contributed by atoms with Gasteiger partial charge < -0.3 is 10.4 Å². The largest absolute Gasteiger partial charge is 0.396 e. The molecular weight excluding hydrogens is 260 g/mol. The minimum absolute atomic E-state index is 0.0321. The summed E-state index contributed by atoms with van der Waals surface area (Å²) in [6.07, 6.45) is 0.399. The highest BCUT2D eigenvalue weighted by Gasteiger charge is 2.28. The number of aliphatic hydroxyl groups excluding tert-OH is 1. The predicted octanol–water partition coefficient (Wildman–Crippen LogP) is 2.12. The van der Waals surface area contributed by atoms with Crippen LogP contribution in [-0.2, 0) is 0 Å². The Hall–Kier alpha value is -1.95. The number of nitro groups is 1. The number of carbonyl (C=O) groups is 1. The first-order chi connectivity index (χ1) is 9.27. The molecule has 0 spiro atoms. The van der Waals surface area contributed by atoms with Gasteiger partial charge in [-0.2, -0.15) is 0 Å². The van der Waals surface area contributed by atoms with Gasteiger partial charge in [-0.25, -0.2) is 0 Å². The highest BCUT2D eigenvalue weighted by molar-refractivity contribution is 5.98. The number of nitro benzene ring substituents is 1. The molecule has 0 aliphatic heterocycles. The van der Waals surface area contributed by atoms with E-state index in [1.54, 1.807) is 6.07 Å². The Labute approximate surface area is 118 Å². The van der Waals surface area contributed by atoms with Crippen LogP contribution in [-0.4, -0.2) is 28.6 Å². The molecule has 6 heteroatoms. The van der Waals surface area contributed by atoms with E-state index < -0.39 is 10.8 Å². The van der Waals surface area contributed by atoms with Gasteiger partial charge in [0.25, 0.3) is 11.6 Å². The second kappa shape index (κ2) is 6.47. The lowest BCUT2D eigenvalue weighted by atomic mass is 9.84. The molecule has 1 amide bonds. The van der Waals surface area contributed by atoms with E-state index in [1.165, 1.54) is 18.2 Å². The summed E-state index contributed by atoms with van der Waals surface area (Å²) in [4.78, 5) is 22.5. The van der Waals surface area contributed by atoms with Crippen LogP contribution in [0.5, 0.6) is 0 Å². The molecule has 1 aromatic rings. The summed E-state index contributed by atoms with van der Waals surface area (Å²) in [6, 6.07) is 5.56. The molecule has 0 aliphatic carbocycles. The van der Waals surface area contributed by atoms with Crippen molar-refractivity contribution in [2.75, 3.05) is 6.61 Å². The Morgan fingerprint density at radius 2 is 2.00 bits per heavy atom. The number of hydrogen-bond donors (Lipinski definition) is 2. The third kappa shape index (κ3) is 4.03. The summed E-state index contributed by atoms with van der Waals surface area (Å²) in [6.45, 7) is 5.76. The highest BCUT2D eigenvalue weighted by atomic mass is 16.6. The van der Waals surface area contributed by atoms with Crippen LogP contribution in [0.15, 0.2) is 24.3 Å². The lowest BCUT2D eigenvalue weighted by molar-refractivity contribution is -0.385. The van der Waals surface area contributed by atoms with Gasteiger partial charge in [-0.15, -0.1) is 0 Å². The Balaban J connectivity index is 2.98. The van der Waals surface area contributed by atoms with Gasteiger partial charge in [0.2, 0.25) is 0 Å². The van der Waals surface area contributed by atoms with Crippen LogP contribution < -0.4 is 5.32 Å². The van der Waals surface area contributed by atoms with Crippen LogP contribution in [0.25, 0.3) is 0 Å².